The van der Waals surface area contributed by atoms with Crippen LogP contribution in [0.3, 0.4) is 0 Å². The van der Waals surface area contributed by atoms with Gasteiger partial charge < -0.3 is 29.9 Å². The molecule has 1 spiro atoms. The molecule has 0 radical (unpaired) electrons. The van der Waals surface area contributed by atoms with Crippen LogP contribution >= 0.6 is 0 Å². The lowest BCUT2D eigenvalue weighted by atomic mass is 9.43. The molecule has 8 heteroatoms. The second kappa shape index (κ2) is 7.99. The van der Waals surface area contributed by atoms with Crippen molar-refractivity contribution in [2.45, 2.75) is 68.7 Å². The molecular formula is C29H39NO7. The van der Waals surface area contributed by atoms with E-state index in [1.807, 2.05) is 6.07 Å². The molecule has 202 valence electrons. The third-order valence-corrected chi connectivity index (χ3v) is 12.0. The maximum absolute atomic E-state index is 13.3. The van der Waals surface area contributed by atoms with Gasteiger partial charge in [-0.1, -0.05) is 25.1 Å². The van der Waals surface area contributed by atoms with E-state index in [4.69, 9.17) is 9.47 Å². The number of hydrogen-bond donors (Lipinski definition) is 4. The zero-order chi connectivity index (χ0) is 25.9. The number of esters is 1. The second-order valence-corrected chi connectivity index (χ2v) is 12.8. The fourth-order valence-corrected chi connectivity index (χ4v) is 11.1. The number of benzene rings is 1. The lowest BCUT2D eigenvalue weighted by Gasteiger charge is -2.68. The molecule has 37 heavy (non-hydrogen) atoms. The van der Waals surface area contributed by atoms with Crippen LogP contribution in [-0.2, 0) is 9.47 Å². The quantitative estimate of drug-likeness (QED) is 0.432. The summed E-state index contributed by atoms with van der Waals surface area (Å²) in [5.74, 6) is -1.91. The number of likely N-dealkylation sites (tertiary alicyclic amines) is 1. The van der Waals surface area contributed by atoms with Crippen molar-refractivity contribution < 1.29 is 34.7 Å². The van der Waals surface area contributed by atoms with Crippen LogP contribution in [0.2, 0.25) is 0 Å². The third-order valence-electron chi connectivity index (χ3n) is 12.0. The van der Waals surface area contributed by atoms with Crippen molar-refractivity contribution in [3.63, 3.8) is 0 Å². The van der Waals surface area contributed by atoms with Crippen LogP contribution in [0.1, 0.15) is 43.0 Å². The Morgan fingerprint density at radius 1 is 1.19 bits per heavy atom. The molecule has 5 saturated carbocycles. The Hall–Kier alpha value is -1.55. The maximum Gasteiger partial charge on any atom is 0.338 e. The number of ether oxygens (including phenoxy) is 2. The van der Waals surface area contributed by atoms with Crippen LogP contribution in [0.5, 0.6) is 0 Å². The summed E-state index contributed by atoms with van der Waals surface area (Å²) in [5.41, 5.74) is -2.05. The SMILES string of the molecule is CCN1CC2(CO)CCC(O)C34C5CC6C(OC)CC(O)(C5C6OC(=O)c5ccccc5)C(C(O)C23)C14. The highest BCUT2D eigenvalue weighted by molar-refractivity contribution is 5.89. The normalized spacial score (nSPS) is 53.2. The molecule has 6 aliphatic rings. The molecule has 8 nitrogen and oxygen atoms in total. The highest BCUT2D eigenvalue weighted by Gasteiger charge is 2.86. The van der Waals surface area contributed by atoms with E-state index in [0.717, 1.165) is 0 Å². The van der Waals surface area contributed by atoms with Crippen LogP contribution in [0.4, 0.5) is 0 Å². The summed E-state index contributed by atoms with van der Waals surface area (Å²) in [4.78, 5) is 15.6. The van der Waals surface area contributed by atoms with Gasteiger partial charge in [0, 0.05) is 60.6 Å². The first-order valence-corrected chi connectivity index (χ1v) is 14.0. The number of rotatable bonds is 5. The van der Waals surface area contributed by atoms with E-state index in [9.17, 15) is 25.2 Å². The van der Waals surface area contributed by atoms with Crippen LogP contribution < -0.4 is 0 Å². The van der Waals surface area contributed by atoms with Gasteiger partial charge in [-0.15, -0.1) is 0 Å². The van der Waals surface area contributed by atoms with Crippen molar-refractivity contribution in [2.24, 2.45) is 40.4 Å². The highest BCUT2D eigenvalue weighted by Crippen LogP contribution is 2.78. The van der Waals surface area contributed by atoms with Gasteiger partial charge in [-0.05, 0) is 43.9 Å². The van der Waals surface area contributed by atoms with E-state index in [1.54, 1.807) is 31.4 Å². The van der Waals surface area contributed by atoms with E-state index in [-0.39, 0.29) is 36.5 Å². The summed E-state index contributed by atoms with van der Waals surface area (Å²) in [5, 5.41) is 47.5. The fourth-order valence-electron chi connectivity index (χ4n) is 11.1. The predicted molar refractivity (Wildman–Crippen MR) is 132 cm³/mol. The highest BCUT2D eigenvalue weighted by atomic mass is 16.6. The number of aliphatic hydroxyl groups excluding tert-OH is 3. The van der Waals surface area contributed by atoms with Crippen molar-refractivity contribution in [3.8, 4) is 0 Å². The minimum Gasteiger partial charge on any atom is -0.458 e. The first kappa shape index (κ1) is 24.5. The third kappa shape index (κ3) is 2.72. The summed E-state index contributed by atoms with van der Waals surface area (Å²) in [7, 11) is 1.64. The lowest BCUT2D eigenvalue weighted by Crippen LogP contribution is -2.76. The second-order valence-electron chi connectivity index (χ2n) is 12.8. The van der Waals surface area contributed by atoms with Gasteiger partial charge in [-0.2, -0.15) is 0 Å². The molecule has 1 heterocycles. The summed E-state index contributed by atoms with van der Waals surface area (Å²) in [6.45, 7) is 3.41. The first-order chi connectivity index (χ1) is 17.8. The molecule has 1 saturated heterocycles. The van der Waals surface area contributed by atoms with Crippen molar-refractivity contribution in [3.05, 3.63) is 35.9 Å². The molecule has 1 aromatic carbocycles. The summed E-state index contributed by atoms with van der Waals surface area (Å²) in [6, 6.07) is 8.71. The van der Waals surface area contributed by atoms with Crippen molar-refractivity contribution in [1.29, 1.82) is 0 Å². The Morgan fingerprint density at radius 2 is 1.95 bits per heavy atom. The first-order valence-electron chi connectivity index (χ1n) is 14.0. The van der Waals surface area contributed by atoms with Gasteiger partial charge in [-0.25, -0.2) is 4.79 Å². The molecule has 0 aromatic heterocycles. The van der Waals surface area contributed by atoms with Gasteiger partial charge in [0.25, 0.3) is 0 Å². The van der Waals surface area contributed by atoms with Crippen LogP contribution in [0.25, 0.3) is 0 Å². The van der Waals surface area contributed by atoms with Crippen molar-refractivity contribution in [1.82, 2.24) is 4.90 Å². The Labute approximate surface area is 217 Å². The predicted octanol–water partition coefficient (Wildman–Crippen LogP) is 1.06. The Kier molecular flexibility index (Phi) is 5.29. The Balaban J connectivity index is 1.39. The molecule has 1 aromatic rings. The number of methoxy groups -OCH3 is 1. The van der Waals surface area contributed by atoms with Gasteiger partial charge in [-0.3, -0.25) is 4.90 Å². The molecule has 5 aliphatic carbocycles. The number of fused-ring (bicyclic) bond motifs is 2. The molecule has 7 bridgehead atoms. The smallest absolute Gasteiger partial charge is 0.338 e. The number of carbonyl (C=O) groups excluding carboxylic acids is 1. The van der Waals surface area contributed by atoms with Gasteiger partial charge in [0.15, 0.2) is 0 Å². The summed E-state index contributed by atoms with van der Waals surface area (Å²) >= 11 is 0. The number of carbonyl (C=O) groups is 1. The molecule has 4 N–H and O–H groups in total. The van der Waals surface area contributed by atoms with Crippen LogP contribution in [0.15, 0.2) is 30.3 Å². The Morgan fingerprint density at radius 3 is 2.62 bits per heavy atom. The number of nitrogens with zero attached hydrogens (tertiary/aromatic N) is 1. The zero-order valence-electron chi connectivity index (χ0n) is 21.6. The minimum atomic E-state index is -1.31. The molecule has 7 rings (SSSR count). The molecule has 1 aliphatic heterocycles. The van der Waals surface area contributed by atoms with E-state index in [1.165, 1.54) is 0 Å². The minimum absolute atomic E-state index is 0.0501. The Bertz CT molecular complexity index is 1090. The van der Waals surface area contributed by atoms with Crippen LogP contribution in [-0.4, -0.2) is 94.2 Å². The molecule has 13 atom stereocenters. The monoisotopic (exact) mass is 513 g/mol. The molecule has 6 fully saturated rings. The molecule has 13 unspecified atom stereocenters. The van der Waals surface area contributed by atoms with Crippen LogP contribution in [0, 0.1) is 40.4 Å². The fraction of sp³-hybridized carbons (Fsp3) is 0.759. The van der Waals surface area contributed by atoms with Gasteiger partial charge in [0.05, 0.1) is 36.1 Å². The average molecular weight is 514 g/mol. The van der Waals surface area contributed by atoms with Gasteiger partial charge in [0.2, 0.25) is 0 Å². The molecule has 0 amide bonds. The molecular weight excluding hydrogens is 474 g/mol. The van der Waals surface area contributed by atoms with Crippen molar-refractivity contribution in [2.75, 3.05) is 26.8 Å². The largest absolute Gasteiger partial charge is 0.458 e. The number of piperidine rings is 1. The number of aliphatic hydroxyl groups is 4. The van der Waals surface area contributed by atoms with Gasteiger partial charge in [0.1, 0.15) is 6.10 Å². The lowest BCUT2D eigenvalue weighted by molar-refractivity contribution is -0.271. The van der Waals surface area contributed by atoms with E-state index in [2.05, 4.69) is 11.8 Å². The van der Waals surface area contributed by atoms with E-state index >= 15 is 0 Å². The van der Waals surface area contributed by atoms with Gasteiger partial charge >= 0.3 is 5.97 Å². The van der Waals surface area contributed by atoms with E-state index < -0.39 is 52.5 Å². The standard InChI is InChI=1S/C29H39NO7/c1-3-30-13-27(14-31)10-9-19(32)29-17-11-16-18(36-2)12-28(35,21(25(29)30)22(33)24(27)29)20(17)23(16)37-26(34)15-7-5-4-6-8-15/h4-8,16-25,31-33,35H,3,9-14H2,1-2H3. The maximum atomic E-state index is 13.3. The van der Waals surface area contributed by atoms with E-state index in [0.29, 0.717) is 44.3 Å². The topological polar surface area (TPSA) is 120 Å². The van der Waals surface area contributed by atoms with Crippen molar-refractivity contribution >= 4 is 5.97 Å². The summed E-state index contributed by atoms with van der Waals surface area (Å²) in [6.07, 6.45) is -0.164. The number of hydrogen-bond acceptors (Lipinski definition) is 8. The average Bonchev–Trinajstić information content (AvgIpc) is 3.33. The zero-order valence-corrected chi connectivity index (χ0v) is 21.6. The summed E-state index contributed by atoms with van der Waals surface area (Å²) < 4.78 is 12.2.